The van der Waals surface area contributed by atoms with Crippen LogP contribution >= 0.6 is 11.6 Å². The summed E-state index contributed by atoms with van der Waals surface area (Å²) >= 11 is 5.72. The van der Waals surface area contributed by atoms with Gasteiger partial charge in [-0.2, -0.15) is 0 Å². The van der Waals surface area contributed by atoms with Crippen molar-refractivity contribution in [2.24, 2.45) is 0 Å². The molecule has 0 saturated carbocycles. The molecule has 1 aromatic rings. The van der Waals surface area contributed by atoms with Crippen LogP contribution in [-0.4, -0.2) is 16.2 Å². The number of hydrogen-bond acceptors (Lipinski definition) is 2. The fourth-order valence-electron chi connectivity index (χ4n) is 1.27. The molecule has 0 aliphatic rings. The molecule has 1 rings (SSSR count). The first-order valence-electron chi connectivity index (χ1n) is 4.18. The van der Waals surface area contributed by atoms with Crippen LogP contribution in [0.15, 0.2) is 18.2 Å². The highest BCUT2D eigenvalue weighted by Gasteiger charge is 2.16. The highest BCUT2D eigenvalue weighted by molar-refractivity contribution is 6.30. The lowest BCUT2D eigenvalue weighted by molar-refractivity contribution is -0.138. The summed E-state index contributed by atoms with van der Waals surface area (Å²) in [5.74, 6) is -1.54. The molecule has 0 fully saturated rings. The maximum absolute atomic E-state index is 10.7. The number of carboxylic acid groups (broad SMARTS) is 1. The van der Waals surface area contributed by atoms with E-state index in [4.69, 9.17) is 21.8 Å². The molecule has 0 aliphatic heterocycles. The predicted octanol–water partition coefficient (Wildman–Crippen LogP) is 2.02. The van der Waals surface area contributed by atoms with Crippen molar-refractivity contribution in [3.05, 3.63) is 34.3 Å². The van der Waals surface area contributed by atoms with Crippen molar-refractivity contribution in [2.45, 2.75) is 19.4 Å². The Labute approximate surface area is 86.9 Å². The fraction of sp³-hybridized carbons (Fsp3) is 0.300. The quantitative estimate of drug-likeness (QED) is 0.810. The number of hydrogen-bond donors (Lipinski definition) is 2. The van der Waals surface area contributed by atoms with Crippen LogP contribution in [0.2, 0.25) is 5.02 Å². The maximum Gasteiger partial charge on any atom is 0.310 e. The Balaban J connectivity index is 3.13. The Hall–Kier alpha value is -1.06. The van der Waals surface area contributed by atoms with Gasteiger partial charge in [-0.05, 0) is 30.2 Å². The Morgan fingerprint density at radius 3 is 2.71 bits per heavy atom. The number of aliphatic carboxylic acids is 1. The molecule has 3 nitrogen and oxygen atoms in total. The summed E-state index contributed by atoms with van der Waals surface area (Å²) in [5, 5.41) is 18.3. The molecule has 0 saturated heterocycles. The van der Waals surface area contributed by atoms with Crippen molar-refractivity contribution in [1.29, 1.82) is 0 Å². The van der Waals surface area contributed by atoms with Gasteiger partial charge >= 0.3 is 5.97 Å². The lowest BCUT2D eigenvalue weighted by atomic mass is 9.96. The average molecular weight is 215 g/mol. The summed E-state index contributed by atoms with van der Waals surface area (Å²) in [6.45, 7) is 1.37. The second kappa shape index (κ2) is 4.44. The van der Waals surface area contributed by atoms with Gasteiger partial charge in [0.2, 0.25) is 0 Å². The van der Waals surface area contributed by atoms with Crippen molar-refractivity contribution in [2.75, 3.05) is 0 Å². The normalized spacial score (nSPS) is 12.5. The molecule has 1 atom stereocenters. The van der Waals surface area contributed by atoms with Crippen LogP contribution in [0.3, 0.4) is 0 Å². The third-order valence-electron chi connectivity index (χ3n) is 2.11. The number of carbonyl (C=O) groups is 1. The van der Waals surface area contributed by atoms with Crippen LogP contribution in [0, 0.1) is 0 Å². The molecule has 1 aromatic carbocycles. The van der Waals surface area contributed by atoms with Crippen LogP contribution in [0.1, 0.15) is 24.0 Å². The Kier molecular flexibility index (Phi) is 3.49. The standard InChI is InChI=1S/C10H11ClO3/c1-6(10(13)14)9-3-2-8(11)4-7(9)5-12/h2-4,6,12H,5H2,1H3,(H,13,14). The Bertz CT molecular complexity index is 349. The second-order valence-electron chi connectivity index (χ2n) is 3.06. The summed E-state index contributed by atoms with van der Waals surface area (Å²) in [5.41, 5.74) is 1.16. The summed E-state index contributed by atoms with van der Waals surface area (Å²) in [4.78, 5) is 10.7. The maximum atomic E-state index is 10.7. The van der Waals surface area contributed by atoms with Crippen LogP contribution in [0.5, 0.6) is 0 Å². The highest BCUT2D eigenvalue weighted by Crippen LogP contribution is 2.23. The van der Waals surface area contributed by atoms with Crippen LogP contribution < -0.4 is 0 Å². The summed E-state index contributed by atoms with van der Waals surface area (Å²) in [6.07, 6.45) is 0. The van der Waals surface area contributed by atoms with Gasteiger partial charge in [-0.1, -0.05) is 17.7 Å². The van der Waals surface area contributed by atoms with Crippen molar-refractivity contribution in [3.8, 4) is 0 Å². The smallest absolute Gasteiger partial charge is 0.310 e. The lowest BCUT2D eigenvalue weighted by Gasteiger charge is -2.11. The van der Waals surface area contributed by atoms with E-state index in [0.29, 0.717) is 16.1 Å². The van der Waals surface area contributed by atoms with E-state index < -0.39 is 11.9 Å². The van der Waals surface area contributed by atoms with E-state index in [1.807, 2.05) is 0 Å². The summed E-state index contributed by atoms with van der Waals surface area (Å²) in [6, 6.07) is 4.83. The molecule has 0 aliphatic carbocycles. The molecule has 0 bridgehead atoms. The number of aliphatic hydroxyl groups excluding tert-OH is 1. The van der Waals surface area contributed by atoms with E-state index in [2.05, 4.69) is 0 Å². The largest absolute Gasteiger partial charge is 0.481 e. The molecule has 76 valence electrons. The number of rotatable bonds is 3. The van der Waals surface area contributed by atoms with Gasteiger partial charge in [0, 0.05) is 5.02 Å². The summed E-state index contributed by atoms with van der Waals surface area (Å²) < 4.78 is 0. The van der Waals surface area contributed by atoms with Crippen molar-refractivity contribution < 1.29 is 15.0 Å². The minimum Gasteiger partial charge on any atom is -0.481 e. The fourth-order valence-corrected chi connectivity index (χ4v) is 1.46. The zero-order chi connectivity index (χ0) is 10.7. The molecular formula is C10H11ClO3. The molecule has 1 unspecified atom stereocenters. The van der Waals surface area contributed by atoms with Crippen LogP contribution in [0.25, 0.3) is 0 Å². The SMILES string of the molecule is CC(C(=O)O)c1ccc(Cl)cc1CO. The first kappa shape index (κ1) is 11.0. The second-order valence-corrected chi connectivity index (χ2v) is 3.50. The zero-order valence-corrected chi connectivity index (χ0v) is 8.45. The van der Waals surface area contributed by atoms with E-state index in [0.717, 1.165) is 0 Å². The molecule has 0 radical (unpaired) electrons. The van der Waals surface area contributed by atoms with Gasteiger partial charge in [0.05, 0.1) is 12.5 Å². The third-order valence-corrected chi connectivity index (χ3v) is 2.35. The van der Waals surface area contributed by atoms with Gasteiger partial charge in [0.1, 0.15) is 0 Å². The molecular weight excluding hydrogens is 204 g/mol. The van der Waals surface area contributed by atoms with Gasteiger partial charge in [0.25, 0.3) is 0 Å². The van der Waals surface area contributed by atoms with E-state index in [1.165, 1.54) is 0 Å². The van der Waals surface area contributed by atoms with Gasteiger partial charge in [-0.15, -0.1) is 0 Å². The molecule has 0 amide bonds. The van der Waals surface area contributed by atoms with E-state index in [1.54, 1.807) is 25.1 Å². The molecule has 4 heteroatoms. The average Bonchev–Trinajstić information content (AvgIpc) is 2.16. The predicted molar refractivity (Wildman–Crippen MR) is 53.4 cm³/mol. The van der Waals surface area contributed by atoms with E-state index >= 15 is 0 Å². The van der Waals surface area contributed by atoms with Gasteiger partial charge < -0.3 is 10.2 Å². The molecule has 0 heterocycles. The molecule has 2 N–H and O–H groups in total. The number of carboxylic acids is 1. The number of benzene rings is 1. The monoisotopic (exact) mass is 214 g/mol. The van der Waals surface area contributed by atoms with E-state index in [-0.39, 0.29) is 6.61 Å². The highest BCUT2D eigenvalue weighted by atomic mass is 35.5. The first-order valence-corrected chi connectivity index (χ1v) is 4.56. The third kappa shape index (κ3) is 2.25. The van der Waals surface area contributed by atoms with Crippen LogP contribution in [-0.2, 0) is 11.4 Å². The number of aliphatic hydroxyl groups is 1. The summed E-state index contributed by atoms with van der Waals surface area (Å²) in [7, 11) is 0. The molecule has 14 heavy (non-hydrogen) atoms. The minimum atomic E-state index is -0.915. The Morgan fingerprint density at radius 1 is 1.57 bits per heavy atom. The molecule has 0 aromatic heterocycles. The van der Waals surface area contributed by atoms with Crippen molar-refractivity contribution in [3.63, 3.8) is 0 Å². The number of halogens is 1. The minimum absolute atomic E-state index is 0.201. The molecule has 0 spiro atoms. The van der Waals surface area contributed by atoms with Crippen molar-refractivity contribution in [1.82, 2.24) is 0 Å². The van der Waals surface area contributed by atoms with E-state index in [9.17, 15) is 4.79 Å². The van der Waals surface area contributed by atoms with Crippen molar-refractivity contribution >= 4 is 17.6 Å². The van der Waals surface area contributed by atoms with Gasteiger partial charge in [-0.3, -0.25) is 4.79 Å². The van der Waals surface area contributed by atoms with Crippen LogP contribution in [0.4, 0.5) is 0 Å². The topological polar surface area (TPSA) is 57.5 Å². The lowest BCUT2D eigenvalue weighted by Crippen LogP contribution is -2.10. The zero-order valence-electron chi connectivity index (χ0n) is 7.70. The Morgan fingerprint density at radius 2 is 2.21 bits per heavy atom. The van der Waals surface area contributed by atoms with Gasteiger partial charge in [0.15, 0.2) is 0 Å². The first-order chi connectivity index (χ1) is 6.56. The van der Waals surface area contributed by atoms with Gasteiger partial charge in [-0.25, -0.2) is 0 Å².